The SMILES string of the molecule is CC[C@H](CCN1C(=O)c2ccccc2C1=O)c1cccc(OC2CCCCO2)c1. The van der Waals surface area contributed by atoms with E-state index >= 15 is 0 Å². The van der Waals surface area contributed by atoms with E-state index in [2.05, 4.69) is 19.1 Å². The molecule has 0 spiro atoms. The fraction of sp³-hybridized carbons (Fsp3) is 0.417. The number of carbonyl (C=O) groups excluding carboxylic acids is 2. The molecule has 0 saturated carbocycles. The number of carbonyl (C=O) groups is 2. The van der Waals surface area contributed by atoms with Crippen molar-refractivity contribution in [3.8, 4) is 5.75 Å². The van der Waals surface area contributed by atoms with Crippen LogP contribution < -0.4 is 4.74 Å². The van der Waals surface area contributed by atoms with Crippen LogP contribution in [0.3, 0.4) is 0 Å². The topological polar surface area (TPSA) is 55.8 Å². The van der Waals surface area contributed by atoms with Gasteiger partial charge in [-0.15, -0.1) is 0 Å². The summed E-state index contributed by atoms with van der Waals surface area (Å²) in [6.45, 7) is 3.30. The minimum atomic E-state index is -0.188. The first-order chi connectivity index (χ1) is 14.2. The molecule has 152 valence electrons. The second kappa shape index (κ2) is 8.78. The van der Waals surface area contributed by atoms with Crippen molar-refractivity contribution in [3.05, 3.63) is 65.2 Å². The summed E-state index contributed by atoms with van der Waals surface area (Å²) in [5.74, 6) is 0.683. The summed E-state index contributed by atoms with van der Waals surface area (Å²) in [5, 5.41) is 0. The molecule has 2 amide bonds. The van der Waals surface area contributed by atoms with E-state index < -0.39 is 0 Å². The maximum Gasteiger partial charge on any atom is 0.261 e. The summed E-state index contributed by atoms with van der Waals surface area (Å²) in [7, 11) is 0. The quantitative estimate of drug-likeness (QED) is 0.636. The molecule has 0 bridgehead atoms. The molecule has 0 N–H and O–H groups in total. The van der Waals surface area contributed by atoms with E-state index in [1.807, 2.05) is 12.1 Å². The van der Waals surface area contributed by atoms with E-state index in [1.54, 1.807) is 24.3 Å². The molecule has 2 atom stereocenters. The van der Waals surface area contributed by atoms with Crippen LogP contribution in [0, 0.1) is 0 Å². The molecular weight excluding hydrogens is 366 g/mol. The van der Waals surface area contributed by atoms with Gasteiger partial charge in [0.05, 0.1) is 17.7 Å². The van der Waals surface area contributed by atoms with Crippen LogP contribution in [0.4, 0.5) is 0 Å². The Morgan fingerprint density at radius 2 is 1.83 bits per heavy atom. The van der Waals surface area contributed by atoms with Gasteiger partial charge in [-0.05, 0) is 61.4 Å². The number of rotatable bonds is 7. The van der Waals surface area contributed by atoms with E-state index in [0.29, 0.717) is 17.7 Å². The molecule has 0 aliphatic carbocycles. The van der Waals surface area contributed by atoms with Crippen molar-refractivity contribution >= 4 is 11.8 Å². The summed E-state index contributed by atoms with van der Waals surface area (Å²) in [4.78, 5) is 26.6. The maximum atomic E-state index is 12.6. The highest BCUT2D eigenvalue weighted by Crippen LogP contribution is 2.30. The predicted octanol–water partition coefficient (Wildman–Crippen LogP) is 4.77. The fourth-order valence-electron chi connectivity index (χ4n) is 4.13. The number of nitrogens with zero attached hydrogens (tertiary/aromatic N) is 1. The molecular formula is C24H27NO4. The van der Waals surface area contributed by atoms with Gasteiger partial charge in [0.25, 0.3) is 11.8 Å². The molecule has 0 radical (unpaired) electrons. The van der Waals surface area contributed by atoms with E-state index in [0.717, 1.165) is 50.0 Å². The number of imide groups is 1. The van der Waals surface area contributed by atoms with Crippen molar-refractivity contribution in [2.24, 2.45) is 0 Å². The van der Waals surface area contributed by atoms with Gasteiger partial charge in [0, 0.05) is 13.0 Å². The third-order valence-corrected chi connectivity index (χ3v) is 5.81. The Hall–Kier alpha value is -2.66. The molecule has 2 aliphatic heterocycles. The Balaban J connectivity index is 1.41. The van der Waals surface area contributed by atoms with Crippen LogP contribution in [-0.2, 0) is 4.74 Å². The van der Waals surface area contributed by atoms with Crippen LogP contribution in [0.1, 0.15) is 71.2 Å². The lowest BCUT2D eigenvalue weighted by atomic mass is 9.93. The average molecular weight is 393 g/mol. The molecule has 2 aliphatic rings. The van der Waals surface area contributed by atoms with Gasteiger partial charge in [-0.2, -0.15) is 0 Å². The van der Waals surface area contributed by atoms with Crippen molar-refractivity contribution in [2.45, 2.75) is 51.2 Å². The zero-order valence-electron chi connectivity index (χ0n) is 16.8. The summed E-state index contributed by atoms with van der Waals surface area (Å²) >= 11 is 0. The van der Waals surface area contributed by atoms with Gasteiger partial charge in [-0.1, -0.05) is 31.2 Å². The number of amides is 2. The second-order valence-corrected chi connectivity index (χ2v) is 7.69. The zero-order valence-corrected chi connectivity index (χ0v) is 16.8. The molecule has 4 rings (SSSR count). The summed E-state index contributed by atoms with van der Waals surface area (Å²) in [6.07, 6.45) is 4.62. The standard InChI is InChI=1S/C24H27NO4/c1-2-17(13-14-25-23(26)20-10-3-4-11-21(20)24(25)27)18-8-7-9-19(16-18)29-22-12-5-6-15-28-22/h3-4,7-11,16-17,22H,2,5-6,12-15H2,1H3/t17-,22?/m1/s1. The molecule has 0 aromatic heterocycles. The number of hydrogen-bond donors (Lipinski definition) is 0. The summed E-state index contributed by atoms with van der Waals surface area (Å²) in [5.41, 5.74) is 2.18. The Morgan fingerprint density at radius 3 is 2.48 bits per heavy atom. The zero-order chi connectivity index (χ0) is 20.2. The number of fused-ring (bicyclic) bond motifs is 1. The van der Waals surface area contributed by atoms with Gasteiger partial charge in [-0.3, -0.25) is 14.5 Å². The third-order valence-electron chi connectivity index (χ3n) is 5.81. The van der Waals surface area contributed by atoms with Crippen molar-refractivity contribution in [3.63, 3.8) is 0 Å². The number of hydrogen-bond acceptors (Lipinski definition) is 4. The Kier molecular flexibility index (Phi) is 5.95. The molecule has 1 fully saturated rings. The Labute approximate surface area is 171 Å². The fourth-order valence-corrected chi connectivity index (χ4v) is 4.13. The van der Waals surface area contributed by atoms with Crippen LogP contribution >= 0.6 is 0 Å². The predicted molar refractivity (Wildman–Crippen MR) is 110 cm³/mol. The van der Waals surface area contributed by atoms with Gasteiger partial charge in [0.1, 0.15) is 5.75 Å². The Morgan fingerprint density at radius 1 is 1.07 bits per heavy atom. The van der Waals surface area contributed by atoms with Crippen LogP contribution in [0.15, 0.2) is 48.5 Å². The van der Waals surface area contributed by atoms with Crippen molar-refractivity contribution < 1.29 is 19.1 Å². The lowest BCUT2D eigenvalue weighted by Gasteiger charge is -2.24. The number of ether oxygens (including phenoxy) is 2. The van der Waals surface area contributed by atoms with Crippen molar-refractivity contribution in [1.82, 2.24) is 4.90 Å². The van der Waals surface area contributed by atoms with Gasteiger partial charge in [0.15, 0.2) is 6.29 Å². The normalized spacial score (nSPS) is 19.9. The van der Waals surface area contributed by atoms with Gasteiger partial charge >= 0.3 is 0 Å². The van der Waals surface area contributed by atoms with Gasteiger partial charge in [-0.25, -0.2) is 0 Å². The highest BCUT2D eigenvalue weighted by atomic mass is 16.7. The monoisotopic (exact) mass is 393 g/mol. The first-order valence-corrected chi connectivity index (χ1v) is 10.5. The second-order valence-electron chi connectivity index (χ2n) is 7.69. The van der Waals surface area contributed by atoms with Crippen molar-refractivity contribution in [2.75, 3.05) is 13.2 Å². The molecule has 1 unspecified atom stereocenters. The third kappa shape index (κ3) is 4.20. The van der Waals surface area contributed by atoms with Crippen LogP contribution in [0.25, 0.3) is 0 Å². The van der Waals surface area contributed by atoms with Crippen LogP contribution in [0.5, 0.6) is 5.75 Å². The van der Waals surface area contributed by atoms with E-state index in [1.165, 1.54) is 4.90 Å². The smallest absolute Gasteiger partial charge is 0.261 e. The van der Waals surface area contributed by atoms with Crippen molar-refractivity contribution in [1.29, 1.82) is 0 Å². The van der Waals surface area contributed by atoms with E-state index in [4.69, 9.17) is 9.47 Å². The maximum absolute atomic E-state index is 12.6. The van der Waals surface area contributed by atoms with Gasteiger partial charge < -0.3 is 9.47 Å². The lowest BCUT2D eigenvalue weighted by molar-refractivity contribution is -0.105. The number of benzene rings is 2. The highest BCUT2D eigenvalue weighted by molar-refractivity contribution is 6.21. The minimum Gasteiger partial charge on any atom is -0.465 e. The first kappa shape index (κ1) is 19.6. The largest absolute Gasteiger partial charge is 0.465 e. The highest BCUT2D eigenvalue weighted by Gasteiger charge is 2.35. The molecule has 29 heavy (non-hydrogen) atoms. The summed E-state index contributed by atoms with van der Waals surface area (Å²) < 4.78 is 11.7. The molecule has 5 nitrogen and oxygen atoms in total. The molecule has 1 saturated heterocycles. The van der Waals surface area contributed by atoms with E-state index in [-0.39, 0.29) is 24.0 Å². The van der Waals surface area contributed by atoms with Gasteiger partial charge in [0.2, 0.25) is 0 Å². The minimum absolute atomic E-state index is 0.169. The van der Waals surface area contributed by atoms with E-state index in [9.17, 15) is 9.59 Å². The molecule has 2 aromatic carbocycles. The lowest BCUT2D eigenvalue weighted by Crippen LogP contribution is -2.31. The summed E-state index contributed by atoms with van der Waals surface area (Å²) in [6, 6.07) is 15.1. The van der Waals surface area contributed by atoms with Crippen LogP contribution in [-0.4, -0.2) is 36.2 Å². The average Bonchev–Trinajstić information content (AvgIpc) is 3.00. The van der Waals surface area contributed by atoms with Crippen LogP contribution in [0.2, 0.25) is 0 Å². The molecule has 5 heteroatoms. The molecule has 2 aromatic rings. The molecule has 2 heterocycles. The Bertz CT molecular complexity index is 853. The first-order valence-electron chi connectivity index (χ1n) is 10.5.